The summed E-state index contributed by atoms with van der Waals surface area (Å²) in [7, 11) is -4.01. The highest BCUT2D eigenvalue weighted by Crippen LogP contribution is 2.31. The van der Waals surface area contributed by atoms with Crippen molar-refractivity contribution < 1.29 is 22.7 Å². The van der Waals surface area contributed by atoms with Crippen LogP contribution in [0.15, 0.2) is 46.2 Å². The molecule has 1 unspecified atom stereocenters. The Morgan fingerprint density at radius 2 is 2.10 bits per heavy atom. The van der Waals surface area contributed by atoms with E-state index in [-0.39, 0.29) is 28.7 Å². The largest absolute Gasteiger partial charge is 0.480 e. The second kappa shape index (κ2) is 7.49. The van der Waals surface area contributed by atoms with Crippen LogP contribution in [0.5, 0.6) is 0 Å². The number of halogens is 2. The van der Waals surface area contributed by atoms with Crippen LogP contribution in [0.4, 0.5) is 4.39 Å². The number of aliphatic carboxylic acids is 1. The number of sulfonamides is 1. The predicted molar refractivity (Wildman–Crippen MR) is 105 cm³/mol. The Labute approximate surface area is 175 Å². The van der Waals surface area contributed by atoms with E-state index in [9.17, 15) is 22.4 Å². The van der Waals surface area contributed by atoms with Crippen LogP contribution < -0.4 is 5.69 Å². The Morgan fingerprint density at radius 1 is 1.33 bits per heavy atom. The summed E-state index contributed by atoms with van der Waals surface area (Å²) < 4.78 is 42.9. The summed E-state index contributed by atoms with van der Waals surface area (Å²) in [6, 6.07) is 5.68. The third kappa shape index (κ3) is 3.38. The van der Waals surface area contributed by atoms with Crippen molar-refractivity contribution in [2.75, 3.05) is 13.1 Å². The van der Waals surface area contributed by atoms with Crippen LogP contribution >= 0.6 is 11.6 Å². The van der Waals surface area contributed by atoms with Crippen LogP contribution in [-0.2, 0) is 21.4 Å². The zero-order valence-corrected chi connectivity index (χ0v) is 17.0. The third-order valence-electron chi connectivity index (χ3n) is 5.02. The minimum absolute atomic E-state index is 0.0291. The van der Waals surface area contributed by atoms with Gasteiger partial charge in [-0.25, -0.2) is 22.6 Å². The average Bonchev–Trinajstić information content (AvgIpc) is 3.25. The highest BCUT2D eigenvalue weighted by Gasteiger charge is 2.36. The number of benzene rings is 1. The number of hydrogen-bond acceptors (Lipinski definition) is 5. The maximum Gasteiger partial charge on any atom is 0.331 e. The summed E-state index contributed by atoms with van der Waals surface area (Å²) in [4.78, 5) is 28.1. The molecule has 1 N–H and O–H groups in total. The highest BCUT2D eigenvalue weighted by molar-refractivity contribution is 7.89. The van der Waals surface area contributed by atoms with Crippen molar-refractivity contribution in [3.63, 3.8) is 0 Å². The summed E-state index contributed by atoms with van der Waals surface area (Å²) in [5.41, 5.74) is 0.0655. The molecule has 30 heavy (non-hydrogen) atoms. The van der Waals surface area contributed by atoms with Crippen LogP contribution in [-0.4, -0.2) is 51.0 Å². The van der Waals surface area contributed by atoms with Crippen molar-refractivity contribution in [3.8, 4) is 0 Å². The SMILES string of the molecule is O=C(O)Cn1c(=O)n(C2CCN(S(=O)(=O)c3ccc(F)cc3Cl)C2)c2ncccc21. The number of rotatable bonds is 5. The molecule has 9 nitrogen and oxygen atoms in total. The van der Waals surface area contributed by atoms with Crippen LogP contribution in [0.25, 0.3) is 11.2 Å². The van der Waals surface area contributed by atoms with Gasteiger partial charge in [-0.2, -0.15) is 4.31 Å². The van der Waals surface area contributed by atoms with E-state index in [1.807, 2.05) is 0 Å². The molecular weight excluding hydrogens is 439 g/mol. The number of carboxylic acids is 1. The standard InChI is InChI=1S/C18H16ClFN4O5S/c19-13-8-11(20)3-4-15(13)30(28,29)22-7-5-12(9-22)24-17-14(2-1-6-21-17)23(18(24)27)10-16(25)26/h1-4,6,8,12H,5,7,9-10H2,(H,25,26). The van der Waals surface area contributed by atoms with Gasteiger partial charge in [0.2, 0.25) is 10.0 Å². The van der Waals surface area contributed by atoms with Crippen molar-refractivity contribution in [1.29, 1.82) is 0 Å². The number of pyridine rings is 1. The first-order valence-corrected chi connectivity index (χ1v) is 10.7. The smallest absolute Gasteiger partial charge is 0.331 e. The average molecular weight is 455 g/mol. The first-order chi connectivity index (χ1) is 14.2. The van der Waals surface area contributed by atoms with Crippen LogP contribution in [0, 0.1) is 5.82 Å². The summed E-state index contributed by atoms with van der Waals surface area (Å²) in [6.45, 7) is -0.446. The van der Waals surface area contributed by atoms with Gasteiger partial charge in [-0.3, -0.25) is 13.9 Å². The molecule has 0 saturated carbocycles. The second-order valence-corrected chi connectivity index (χ2v) is 9.17. The number of carbonyl (C=O) groups is 1. The second-order valence-electron chi connectivity index (χ2n) is 6.86. The fraction of sp³-hybridized carbons (Fsp3) is 0.278. The summed E-state index contributed by atoms with van der Waals surface area (Å²) >= 11 is 5.93. The zero-order chi connectivity index (χ0) is 21.6. The van der Waals surface area contributed by atoms with Gasteiger partial charge in [0.15, 0.2) is 5.65 Å². The van der Waals surface area contributed by atoms with Crippen LogP contribution in [0.3, 0.4) is 0 Å². The Kier molecular flexibility index (Phi) is 5.12. The molecule has 1 saturated heterocycles. The number of aromatic nitrogens is 3. The number of carboxylic acid groups (broad SMARTS) is 1. The van der Waals surface area contributed by atoms with E-state index in [0.717, 1.165) is 22.8 Å². The van der Waals surface area contributed by atoms with Gasteiger partial charge in [0.25, 0.3) is 0 Å². The van der Waals surface area contributed by atoms with Gasteiger partial charge in [0.05, 0.1) is 16.6 Å². The van der Waals surface area contributed by atoms with Crippen molar-refractivity contribution in [2.24, 2.45) is 0 Å². The lowest BCUT2D eigenvalue weighted by Crippen LogP contribution is -2.33. The van der Waals surface area contributed by atoms with Crippen molar-refractivity contribution >= 4 is 38.8 Å². The van der Waals surface area contributed by atoms with E-state index in [0.29, 0.717) is 11.9 Å². The molecule has 2 aromatic heterocycles. The number of nitrogens with zero attached hydrogens (tertiary/aromatic N) is 4. The minimum Gasteiger partial charge on any atom is -0.480 e. The Hall–Kier alpha value is -2.76. The highest BCUT2D eigenvalue weighted by atomic mass is 35.5. The van der Waals surface area contributed by atoms with Crippen molar-refractivity contribution in [2.45, 2.75) is 23.9 Å². The fourth-order valence-corrected chi connectivity index (χ4v) is 5.69. The molecule has 3 heterocycles. The van der Waals surface area contributed by atoms with E-state index in [4.69, 9.17) is 16.7 Å². The van der Waals surface area contributed by atoms with Gasteiger partial charge in [-0.05, 0) is 36.8 Å². The summed E-state index contributed by atoms with van der Waals surface area (Å²) in [6.07, 6.45) is 1.80. The summed E-state index contributed by atoms with van der Waals surface area (Å²) in [5, 5.41) is 8.90. The molecule has 1 fully saturated rings. The van der Waals surface area contributed by atoms with Gasteiger partial charge in [0, 0.05) is 19.3 Å². The lowest BCUT2D eigenvalue weighted by Gasteiger charge is -2.18. The molecule has 1 aliphatic rings. The first-order valence-electron chi connectivity index (χ1n) is 8.93. The van der Waals surface area contributed by atoms with E-state index in [1.165, 1.54) is 15.1 Å². The lowest BCUT2D eigenvalue weighted by molar-refractivity contribution is -0.137. The molecule has 4 rings (SSSR count). The molecule has 1 aliphatic heterocycles. The molecule has 1 aromatic carbocycles. The van der Waals surface area contributed by atoms with Gasteiger partial charge < -0.3 is 5.11 Å². The van der Waals surface area contributed by atoms with Crippen LogP contribution in [0.1, 0.15) is 12.5 Å². The van der Waals surface area contributed by atoms with Gasteiger partial charge in [0.1, 0.15) is 17.3 Å². The van der Waals surface area contributed by atoms with E-state index in [2.05, 4.69) is 4.98 Å². The maximum atomic E-state index is 13.3. The monoisotopic (exact) mass is 454 g/mol. The lowest BCUT2D eigenvalue weighted by atomic mass is 10.2. The third-order valence-corrected chi connectivity index (χ3v) is 7.37. The van der Waals surface area contributed by atoms with Crippen LogP contribution in [0.2, 0.25) is 5.02 Å². The topological polar surface area (TPSA) is 114 Å². The quantitative estimate of drug-likeness (QED) is 0.627. The molecule has 3 aromatic rings. The number of hydrogen-bond donors (Lipinski definition) is 1. The fourth-order valence-electron chi connectivity index (χ4n) is 3.69. The molecule has 158 valence electrons. The Balaban J connectivity index is 1.72. The molecule has 0 spiro atoms. The Morgan fingerprint density at radius 3 is 2.80 bits per heavy atom. The van der Waals surface area contributed by atoms with Gasteiger partial charge >= 0.3 is 11.7 Å². The van der Waals surface area contributed by atoms with E-state index in [1.54, 1.807) is 12.1 Å². The molecular formula is C18H16ClFN4O5S. The van der Waals surface area contributed by atoms with Gasteiger partial charge in [-0.15, -0.1) is 0 Å². The van der Waals surface area contributed by atoms with E-state index >= 15 is 0 Å². The molecule has 12 heteroatoms. The Bertz CT molecular complexity index is 1320. The normalized spacial score (nSPS) is 17.6. The predicted octanol–water partition coefficient (Wildman–Crippen LogP) is 1.71. The number of fused-ring (bicyclic) bond motifs is 1. The van der Waals surface area contributed by atoms with Gasteiger partial charge in [-0.1, -0.05) is 11.6 Å². The van der Waals surface area contributed by atoms with E-state index < -0.39 is 40.1 Å². The summed E-state index contributed by atoms with van der Waals surface area (Å²) in [5.74, 6) is -1.83. The maximum absolute atomic E-state index is 13.3. The minimum atomic E-state index is -4.01. The molecule has 0 radical (unpaired) electrons. The zero-order valence-electron chi connectivity index (χ0n) is 15.4. The van der Waals surface area contributed by atoms with Crippen molar-refractivity contribution in [1.82, 2.24) is 18.4 Å². The molecule has 1 atom stereocenters. The number of imidazole rings is 1. The molecule has 0 bridgehead atoms. The molecule has 0 amide bonds. The first kappa shape index (κ1) is 20.5. The van der Waals surface area contributed by atoms with Crippen molar-refractivity contribution in [3.05, 3.63) is 57.9 Å². The molecule has 0 aliphatic carbocycles.